The van der Waals surface area contributed by atoms with Crippen molar-refractivity contribution in [3.63, 3.8) is 0 Å². The molecule has 168 valence electrons. The lowest BCUT2D eigenvalue weighted by Gasteiger charge is -2.19. The van der Waals surface area contributed by atoms with Crippen molar-refractivity contribution in [1.82, 2.24) is 4.90 Å². The fraction of sp³-hybridized carbons (Fsp3) is 0.227. The number of nitrogens with zero attached hydrogens (tertiary/aromatic N) is 1. The number of rotatable bonds is 7. The second-order valence-corrected chi connectivity index (χ2v) is 9.34. The Morgan fingerprint density at radius 1 is 1.22 bits per heavy atom. The summed E-state index contributed by atoms with van der Waals surface area (Å²) in [5.74, 6) is -0.776. The van der Waals surface area contributed by atoms with E-state index in [1.54, 1.807) is 25.1 Å². The Balaban J connectivity index is 1.79. The molecule has 2 aromatic rings. The molecule has 0 saturated carbocycles. The van der Waals surface area contributed by atoms with Gasteiger partial charge in [0.05, 0.1) is 21.0 Å². The topological polar surface area (TPSA) is 72.9 Å². The van der Waals surface area contributed by atoms with Crippen LogP contribution in [0.15, 0.2) is 45.8 Å². The zero-order valence-corrected chi connectivity index (χ0v) is 21.0. The van der Waals surface area contributed by atoms with Crippen molar-refractivity contribution in [2.75, 3.05) is 6.61 Å². The summed E-state index contributed by atoms with van der Waals surface area (Å²) in [5.41, 5.74) is 1.40. The van der Waals surface area contributed by atoms with Crippen LogP contribution in [-0.2, 0) is 20.9 Å². The average Bonchev–Trinajstić information content (AvgIpc) is 3.01. The van der Waals surface area contributed by atoms with Crippen molar-refractivity contribution >= 4 is 74.1 Å². The van der Waals surface area contributed by atoms with Gasteiger partial charge in [-0.2, -0.15) is 0 Å². The quantitative estimate of drug-likeness (QED) is 0.292. The molecule has 32 heavy (non-hydrogen) atoms. The van der Waals surface area contributed by atoms with Crippen molar-refractivity contribution in [2.45, 2.75) is 26.5 Å². The van der Waals surface area contributed by atoms with E-state index in [0.717, 1.165) is 22.2 Å². The van der Waals surface area contributed by atoms with Gasteiger partial charge < -0.3 is 9.47 Å². The Morgan fingerprint density at radius 3 is 2.59 bits per heavy atom. The first-order chi connectivity index (χ1) is 15.2. The minimum absolute atomic E-state index is 0.159. The minimum atomic E-state index is -1.01. The molecule has 1 saturated heterocycles. The number of benzene rings is 2. The van der Waals surface area contributed by atoms with Crippen LogP contribution in [0.4, 0.5) is 4.79 Å². The van der Waals surface area contributed by atoms with Gasteiger partial charge in [-0.05, 0) is 71.4 Å². The van der Waals surface area contributed by atoms with Gasteiger partial charge in [0.1, 0.15) is 12.6 Å². The summed E-state index contributed by atoms with van der Waals surface area (Å²) >= 11 is 16.7. The zero-order chi connectivity index (χ0) is 23.4. The van der Waals surface area contributed by atoms with Gasteiger partial charge in [0.2, 0.25) is 0 Å². The monoisotopic (exact) mass is 557 g/mol. The lowest BCUT2D eigenvalue weighted by molar-refractivity contribution is -0.150. The predicted molar refractivity (Wildman–Crippen MR) is 129 cm³/mol. The highest BCUT2D eigenvalue weighted by Crippen LogP contribution is 2.38. The number of carbonyl (C=O) groups excluding carboxylic acids is 3. The molecule has 0 radical (unpaired) electrons. The van der Waals surface area contributed by atoms with Crippen molar-refractivity contribution in [3.8, 4) is 5.75 Å². The molecule has 1 atom stereocenters. The number of esters is 1. The minimum Gasteiger partial charge on any atom is -0.486 e. The molecular weight excluding hydrogens is 541 g/mol. The van der Waals surface area contributed by atoms with E-state index in [1.807, 2.05) is 18.2 Å². The van der Waals surface area contributed by atoms with Crippen molar-refractivity contribution < 1.29 is 23.9 Å². The summed E-state index contributed by atoms with van der Waals surface area (Å²) in [4.78, 5) is 38.1. The van der Waals surface area contributed by atoms with Gasteiger partial charge in [0.25, 0.3) is 11.1 Å². The Kier molecular flexibility index (Phi) is 8.27. The van der Waals surface area contributed by atoms with Crippen LogP contribution < -0.4 is 4.74 Å². The number of halogens is 3. The second kappa shape index (κ2) is 10.7. The highest BCUT2D eigenvalue weighted by molar-refractivity contribution is 9.10. The van der Waals surface area contributed by atoms with Crippen LogP contribution in [0.2, 0.25) is 10.0 Å². The Labute approximate surface area is 208 Å². The summed E-state index contributed by atoms with van der Waals surface area (Å²) in [6.45, 7) is 3.49. The van der Waals surface area contributed by atoms with E-state index in [2.05, 4.69) is 15.9 Å². The normalized spacial score (nSPS) is 15.9. The molecule has 0 N–H and O–H groups in total. The lowest BCUT2D eigenvalue weighted by Crippen LogP contribution is -2.42. The third-order valence-electron chi connectivity index (χ3n) is 4.49. The summed E-state index contributed by atoms with van der Waals surface area (Å²) < 4.78 is 11.3. The number of amides is 2. The van der Waals surface area contributed by atoms with Crippen LogP contribution in [0.25, 0.3) is 6.08 Å². The number of ether oxygens (including phenoxy) is 2. The fourth-order valence-corrected chi connectivity index (χ4v) is 4.99. The first kappa shape index (κ1) is 24.6. The van der Waals surface area contributed by atoms with Gasteiger partial charge in [0.15, 0.2) is 5.75 Å². The molecule has 0 bridgehead atoms. The molecule has 2 amide bonds. The van der Waals surface area contributed by atoms with E-state index >= 15 is 0 Å². The predicted octanol–water partition coefficient (Wildman–Crippen LogP) is 6.32. The van der Waals surface area contributed by atoms with Crippen molar-refractivity contribution in [2.24, 2.45) is 0 Å². The Bertz CT molecular complexity index is 1080. The molecule has 0 aromatic heterocycles. The molecule has 0 unspecified atom stereocenters. The van der Waals surface area contributed by atoms with Crippen molar-refractivity contribution in [1.29, 1.82) is 0 Å². The van der Waals surface area contributed by atoms with Gasteiger partial charge in [-0.3, -0.25) is 14.5 Å². The van der Waals surface area contributed by atoms with E-state index in [4.69, 9.17) is 32.7 Å². The molecule has 0 spiro atoms. The number of hydrogen-bond acceptors (Lipinski definition) is 6. The summed E-state index contributed by atoms with van der Waals surface area (Å²) in [5, 5.41) is 0.368. The molecule has 10 heteroatoms. The molecule has 3 rings (SSSR count). The van der Waals surface area contributed by atoms with Crippen LogP contribution >= 0.6 is 50.9 Å². The molecule has 0 aliphatic carbocycles. The number of hydrogen-bond donors (Lipinski definition) is 0. The average molecular weight is 559 g/mol. The summed E-state index contributed by atoms with van der Waals surface area (Å²) in [6, 6.07) is 9.65. The van der Waals surface area contributed by atoms with Crippen LogP contribution in [-0.4, -0.2) is 34.7 Å². The fourth-order valence-electron chi connectivity index (χ4n) is 2.90. The number of thioether (sulfide) groups is 1. The van der Waals surface area contributed by atoms with Gasteiger partial charge in [0, 0.05) is 10.6 Å². The standard InChI is InChI=1S/C22H18BrCl2NO5S/c1-3-30-21(28)12(2)26-20(27)18(32-22(26)29)10-13-8-15(23)19(17(25)9-13)31-11-14-6-4-5-7-16(14)24/h4-10,12H,3,11H2,1-2H3/b18-10+/t12-/m0/s1. The van der Waals surface area contributed by atoms with Gasteiger partial charge in [-0.15, -0.1) is 0 Å². The van der Waals surface area contributed by atoms with E-state index in [0.29, 0.717) is 25.8 Å². The molecule has 1 aliphatic heterocycles. The van der Waals surface area contributed by atoms with Gasteiger partial charge >= 0.3 is 5.97 Å². The smallest absolute Gasteiger partial charge is 0.329 e. The third kappa shape index (κ3) is 5.49. The molecule has 1 aliphatic rings. The first-order valence-electron chi connectivity index (χ1n) is 9.51. The largest absolute Gasteiger partial charge is 0.486 e. The molecular formula is C22H18BrCl2NO5S. The number of imide groups is 1. The maximum atomic E-state index is 12.7. The second-order valence-electron chi connectivity index (χ2n) is 6.67. The summed E-state index contributed by atoms with van der Waals surface area (Å²) in [6.07, 6.45) is 1.54. The van der Waals surface area contributed by atoms with E-state index in [9.17, 15) is 14.4 Å². The van der Waals surface area contributed by atoms with Crippen LogP contribution in [0, 0.1) is 0 Å². The molecule has 1 heterocycles. The lowest BCUT2D eigenvalue weighted by atomic mass is 10.2. The summed E-state index contributed by atoms with van der Waals surface area (Å²) in [7, 11) is 0. The molecule has 6 nitrogen and oxygen atoms in total. The maximum absolute atomic E-state index is 12.7. The van der Waals surface area contributed by atoms with E-state index in [-0.39, 0.29) is 18.1 Å². The third-order valence-corrected chi connectivity index (χ3v) is 6.61. The van der Waals surface area contributed by atoms with E-state index in [1.165, 1.54) is 13.0 Å². The maximum Gasteiger partial charge on any atom is 0.329 e. The Hall–Kier alpha value is -2.00. The van der Waals surface area contributed by atoms with Crippen LogP contribution in [0.1, 0.15) is 25.0 Å². The van der Waals surface area contributed by atoms with Gasteiger partial charge in [-0.1, -0.05) is 41.4 Å². The highest BCUT2D eigenvalue weighted by Gasteiger charge is 2.41. The SMILES string of the molecule is CCOC(=O)[C@H](C)N1C(=O)S/C(=C/c2cc(Cl)c(OCc3ccccc3Cl)c(Br)c2)C1=O. The highest BCUT2D eigenvalue weighted by atomic mass is 79.9. The van der Waals surface area contributed by atoms with Crippen LogP contribution in [0.5, 0.6) is 5.75 Å². The zero-order valence-electron chi connectivity index (χ0n) is 17.1. The molecule has 2 aromatic carbocycles. The van der Waals surface area contributed by atoms with Crippen LogP contribution in [0.3, 0.4) is 0 Å². The van der Waals surface area contributed by atoms with Crippen molar-refractivity contribution in [3.05, 3.63) is 66.9 Å². The van der Waals surface area contributed by atoms with Gasteiger partial charge in [-0.25, -0.2) is 4.79 Å². The Morgan fingerprint density at radius 2 is 1.94 bits per heavy atom. The number of carbonyl (C=O) groups is 3. The molecule has 1 fully saturated rings. The first-order valence-corrected chi connectivity index (χ1v) is 11.9. The van der Waals surface area contributed by atoms with E-state index < -0.39 is 23.2 Å².